The third-order valence-electron chi connectivity index (χ3n) is 7.92. The molecule has 3 heteroatoms. The summed E-state index contributed by atoms with van der Waals surface area (Å²) in [5, 5.41) is 4.80. The summed E-state index contributed by atoms with van der Waals surface area (Å²) >= 11 is 0. The van der Waals surface area contributed by atoms with Crippen LogP contribution in [0.5, 0.6) is 0 Å². The topological polar surface area (TPSA) is 30.7 Å². The molecule has 0 unspecified atom stereocenters. The van der Waals surface area contributed by atoms with E-state index in [0.29, 0.717) is 5.95 Å². The standard InChI is InChI=1S/C38H25N3/c1-2-11-26(12-3-1)28-14-10-15-29(23-28)31-16-6-7-17-32(31)30-24-39-38(40-25-30)41-36-20-9-8-19-34(36)35-22-21-27-13-4-5-18-33(27)37(35)41/h1-25H. The molecule has 0 atom stereocenters. The van der Waals surface area contributed by atoms with Gasteiger partial charge >= 0.3 is 0 Å². The minimum absolute atomic E-state index is 0.667. The highest BCUT2D eigenvalue weighted by Gasteiger charge is 2.17. The van der Waals surface area contributed by atoms with Gasteiger partial charge in [0.25, 0.3) is 0 Å². The second-order valence-corrected chi connectivity index (χ2v) is 10.3. The van der Waals surface area contributed by atoms with Gasteiger partial charge in [0.05, 0.1) is 11.0 Å². The number of hydrogen-bond acceptors (Lipinski definition) is 2. The van der Waals surface area contributed by atoms with Crippen LogP contribution < -0.4 is 0 Å². The van der Waals surface area contributed by atoms with Crippen molar-refractivity contribution in [1.82, 2.24) is 14.5 Å². The van der Waals surface area contributed by atoms with Gasteiger partial charge in [-0.2, -0.15) is 0 Å². The molecule has 0 saturated carbocycles. The van der Waals surface area contributed by atoms with Crippen LogP contribution in [0.1, 0.15) is 0 Å². The Kier molecular flexibility index (Phi) is 5.46. The number of rotatable bonds is 4. The first-order chi connectivity index (χ1) is 20.3. The van der Waals surface area contributed by atoms with Crippen LogP contribution in [0.4, 0.5) is 0 Å². The predicted octanol–water partition coefficient (Wildman–Crippen LogP) is 9.73. The molecule has 41 heavy (non-hydrogen) atoms. The number of benzene rings is 6. The lowest BCUT2D eigenvalue weighted by atomic mass is 9.94. The van der Waals surface area contributed by atoms with E-state index in [1.54, 1.807) is 0 Å². The molecule has 0 aliphatic carbocycles. The average molecular weight is 524 g/mol. The highest BCUT2D eigenvalue weighted by atomic mass is 15.1. The summed E-state index contributed by atoms with van der Waals surface area (Å²) < 4.78 is 2.20. The zero-order valence-electron chi connectivity index (χ0n) is 22.3. The molecule has 8 aromatic rings. The predicted molar refractivity (Wildman–Crippen MR) is 170 cm³/mol. The van der Waals surface area contributed by atoms with Gasteiger partial charge in [0, 0.05) is 34.1 Å². The SMILES string of the molecule is c1ccc(-c2cccc(-c3ccccc3-c3cnc(-n4c5ccccc5c5ccc6ccccc6c54)nc3)c2)cc1. The van der Waals surface area contributed by atoms with Gasteiger partial charge in [0.1, 0.15) is 0 Å². The molecule has 0 fully saturated rings. The number of fused-ring (bicyclic) bond motifs is 5. The smallest absolute Gasteiger partial charge is 0.234 e. The van der Waals surface area contributed by atoms with E-state index in [0.717, 1.165) is 27.7 Å². The minimum Gasteiger partial charge on any atom is -0.277 e. The van der Waals surface area contributed by atoms with E-state index >= 15 is 0 Å². The van der Waals surface area contributed by atoms with Crippen molar-refractivity contribution in [2.75, 3.05) is 0 Å². The molecule has 0 N–H and O–H groups in total. The van der Waals surface area contributed by atoms with Crippen molar-refractivity contribution in [2.45, 2.75) is 0 Å². The van der Waals surface area contributed by atoms with Crippen LogP contribution in [0, 0.1) is 0 Å². The Balaban J connectivity index is 1.26. The largest absolute Gasteiger partial charge is 0.277 e. The highest BCUT2D eigenvalue weighted by Crippen LogP contribution is 2.37. The lowest BCUT2D eigenvalue weighted by molar-refractivity contribution is 0.992. The molecule has 6 aromatic carbocycles. The van der Waals surface area contributed by atoms with Gasteiger partial charge < -0.3 is 0 Å². The van der Waals surface area contributed by atoms with E-state index in [1.807, 2.05) is 18.5 Å². The number of aromatic nitrogens is 3. The van der Waals surface area contributed by atoms with E-state index < -0.39 is 0 Å². The van der Waals surface area contributed by atoms with Crippen LogP contribution in [0.25, 0.3) is 71.9 Å². The Morgan fingerprint density at radius 2 is 1.05 bits per heavy atom. The Bertz CT molecular complexity index is 2190. The van der Waals surface area contributed by atoms with E-state index in [2.05, 4.69) is 138 Å². The zero-order valence-corrected chi connectivity index (χ0v) is 22.3. The zero-order chi connectivity index (χ0) is 27.2. The Hall–Kier alpha value is -5.54. The highest BCUT2D eigenvalue weighted by molar-refractivity contribution is 6.18. The fraction of sp³-hybridized carbons (Fsp3) is 0. The van der Waals surface area contributed by atoms with Crippen LogP contribution in [-0.4, -0.2) is 14.5 Å². The van der Waals surface area contributed by atoms with Gasteiger partial charge in [-0.25, -0.2) is 9.97 Å². The minimum atomic E-state index is 0.667. The quantitative estimate of drug-likeness (QED) is 0.230. The van der Waals surface area contributed by atoms with Crippen molar-refractivity contribution < 1.29 is 0 Å². The fourth-order valence-electron chi connectivity index (χ4n) is 6.00. The molecule has 0 saturated heterocycles. The van der Waals surface area contributed by atoms with Gasteiger partial charge in [0.2, 0.25) is 5.95 Å². The Morgan fingerprint density at radius 3 is 1.88 bits per heavy atom. The van der Waals surface area contributed by atoms with E-state index in [9.17, 15) is 0 Å². The van der Waals surface area contributed by atoms with Crippen LogP contribution in [-0.2, 0) is 0 Å². The summed E-state index contributed by atoms with van der Waals surface area (Å²) in [6.07, 6.45) is 3.90. The second-order valence-electron chi connectivity index (χ2n) is 10.3. The summed E-state index contributed by atoms with van der Waals surface area (Å²) in [4.78, 5) is 9.91. The van der Waals surface area contributed by atoms with Gasteiger partial charge in [-0.1, -0.05) is 127 Å². The van der Waals surface area contributed by atoms with Crippen LogP contribution in [0.15, 0.2) is 152 Å². The lowest BCUT2D eigenvalue weighted by Gasteiger charge is -2.12. The van der Waals surface area contributed by atoms with Gasteiger partial charge in [-0.15, -0.1) is 0 Å². The number of para-hydroxylation sites is 1. The van der Waals surface area contributed by atoms with E-state index in [4.69, 9.17) is 9.97 Å². The van der Waals surface area contributed by atoms with Crippen molar-refractivity contribution in [3.63, 3.8) is 0 Å². The molecule has 3 nitrogen and oxygen atoms in total. The summed E-state index contributed by atoms with van der Waals surface area (Å²) in [5.41, 5.74) is 9.06. The lowest BCUT2D eigenvalue weighted by Crippen LogP contribution is -2.01. The van der Waals surface area contributed by atoms with Crippen LogP contribution in [0.3, 0.4) is 0 Å². The molecule has 0 bridgehead atoms. The van der Waals surface area contributed by atoms with Gasteiger partial charge in [-0.3, -0.25) is 4.57 Å². The normalized spacial score (nSPS) is 11.4. The summed E-state index contributed by atoms with van der Waals surface area (Å²) in [7, 11) is 0. The summed E-state index contributed by atoms with van der Waals surface area (Å²) in [5.74, 6) is 0.667. The number of nitrogens with zero attached hydrogens (tertiary/aromatic N) is 3. The van der Waals surface area contributed by atoms with E-state index in [-0.39, 0.29) is 0 Å². The molecule has 2 heterocycles. The van der Waals surface area contributed by atoms with Crippen molar-refractivity contribution in [3.8, 4) is 39.3 Å². The molecular weight excluding hydrogens is 498 g/mol. The molecule has 2 aromatic heterocycles. The molecule has 0 spiro atoms. The summed E-state index contributed by atoms with van der Waals surface area (Å²) in [6, 6.07) is 49.1. The molecule has 0 aliphatic rings. The van der Waals surface area contributed by atoms with Crippen LogP contribution >= 0.6 is 0 Å². The first-order valence-electron chi connectivity index (χ1n) is 13.8. The third kappa shape index (κ3) is 3.90. The summed E-state index contributed by atoms with van der Waals surface area (Å²) in [6.45, 7) is 0. The van der Waals surface area contributed by atoms with Crippen molar-refractivity contribution >= 4 is 32.6 Å². The maximum absolute atomic E-state index is 4.96. The maximum Gasteiger partial charge on any atom is 0.234 e. The van der Waals surface area contributed by atoms with Gasteiger partial charge in [0.15, 0.2) is 0 Å². The fourth-order valence-corrected chi connectivity index (χ4v) is 6.00. The van der Waals surface area contributed by atoms with Crippen LogP contribution in [0.2, 0.25) is 0 Å². The van der Waals surface area contributed by atoms with Gasteiger partial charge in [-0.05, 0) is 45.3 Å². The second kappa shape index (κ2) is 9.58. The van der Waals surface area contributed by atoms with Crippen molar-refractivity contribution in [2.24, 2.45) is 0 Å². The molecule has 192 valence electrons. The maximum atomic E-state index is 4.96. The monoisotopic (exact) mass is 523 g/mol. The van der Waals surface area contributed by atoms with Crippen molar-refractivity contribution in [3.05, 3.63) is 152 Å². The van der Waals surface area contributed by atoms with E-state index in [1.165, 1.54) is 38.2 Å². The molecule has 0 aliphatic heterocycles. The molecular formula is C38H25N3. The Labute approximate surface area is 238 Å². The average Bonchev–Trinajstić information content (AvgIpc) is 3.40. The molecule has 0 radical (unpaired) electrons. The molecule has 8 rings (SSSR count). The number of hydrogen-bond donors (Lipinski definition) is 0. The Morgan fingerprint density at radius 1 is 0.415 bits per heavy atom. The third-order valence-corrected chi connectivity index (χ3v) is 7.92. The first kappa shape index (κ1) is 23.4. The molecule has 0 amide bonds. The first-order valence-corrected chi connectivity index (χ1v) is 13.8. The van der Waals surface area contributed by atoms with Crippen molar-refractivity contribution in [1.29, 1.82) is 0 Å².